The van der Waals surface area contributed by atoms with Crippen LogP contribution in [0.3, 0.4) is 0 Å². The van der Waals surface area contributed by atoms with Gasteiger partial charge in [0.25, 0.3) is 0 Å². The molecule has 0 saturated carbocycles. The number of aromatic nitrogens is 1. The Morgan fingerprint density at radius 3 is 2.25 bits per heavy atom. The van der Waals surface area contributed by atoms with Crippen LogP contribution in [0, 0.1) is 0 Å². The van der Waals surface area contributed by atoms with Crippen LogP contribution in [0.5, 0.6) is 0 Å². The number of alkyl halides is 4. The zero-order valence-corrected chi connectivity index (χ0v) is 8.92. The standard InChI is InChI=1S/C7H5Cl4N/c8-3-6-2-1-5(4-12-6)7(9,10)11/h1-2,4H,3H2. The third-order valence-electron chi connectivity index (χ3n) is 1.29. The van der Waals surface area contributed by atoms with Gasteiger partial charge in [-0.15, -0.1) is 11.6 Å². The van der Waals surface area contributed by atoms with E-state index in [9.17, 15) is 0 Å². The summed E-state index contributed by atoms with van der Waals surface area (Å²) in [5, 5.41) is 0. The quantitative estimate of drug-likeness (QED) is 0.688. The summed E-state index contributed by atoms with van der Waals surface area (Å²) < 4.78 is -1.40. The Kier molecular flexibility index (Phi) is 3.47. The van der Waals surface area contributed by atoms with Crippen molar-refractivity contribution in [2.45, 2.75) is 9.67 Å². The van der Waals surface area contributed by atoms with E-state index in [1.807, 2.05) is 0 Å². The van der Waals surface area contributed by atoms with Gasteiger partial charge in [-0.3, -0.25) is 4.98 Å². The van der Waals surface area contributed by atoms with Gasteiger partial charge in [0.05, 0.1) is 11.6 Å². The Balaban J connectivity index is 2.93. The molecular weight excluding hydrogens is 240 g/mol. The van der Waals surface area contributed by atoms with E-state index < -0.39 is 3.79 Å². The Morgan fingerprint density at radius 1 is 1.25 bits per heavy atom. The Bertz CT molecular complexity index is 251. The van der Waals surface area contributed by atoms with Crippen molar-refractivity contribution in [3.8, 4) is 0 Å². The van der Waals surface area contributed by atoms with E-state index in [2.05, 4.69) is 4.98 Å². The van der Waals surface area contributed by atoms with Gasteiger partial charge in [-0.05, 0) is 6.07 Å². The fourth-order valence-corrected chi connectivity index (χ4v) is 1.16. The summed E-state index contributed by atoms with van der Waals surface area (Å²) in [6.07, 6.45) is 1.50. The van der Waals surface area contributed by atoms with Gasteiger partial charge in [0.2, 0.25) is 3.79 Å². The van der Waals surface area contributed by atoms with Crippen molar-refractivity contribution in [1.29, 1.82) is 0 Å². The summed E-state index contributed by atoms with van der Waals surface area (Å²) in [7, 11) is 0. The molecule has 0 N–H and O–H groups in total. The van der Waals surface area contributed by atoms with Crippen LogP contribution in [-0.4, -0.2) is 4.98 Å². The summed E-state index contributed by atoms with van der Waals surface area (Å²) in [5.41, 5.74) is 1.30. The minimum Gasteiger partial charge on any atom is -0.260 e. The van der Waals surface area contributed by atoms with Crippen molar-refractivity contribution in [3.63, 3.8) is 0 Å². The molecule has 66 valence electrons. The smallest absolute Gasteiger partial charge is 0.217 e. The van der Waals surface area contributed by atoms with Crippen LogP contribution in [0.4, 0.5) is 0 Å². The van der Waals surface area contributed by atoms with Crippen LogP contribution in [0.1, 0.15) is 11.3 Å². The number of pyridine rings is 1. The molecule has 0 aliphatic rings. The SMILES string of the molecule is ClCc1ccc(C(Cl)(Cl)Cl)cn1. The van der Waals surface area contributed by atoms with Gasteiger partial charge < -0.3 is 0 Å². The minimum absolute atomic E-state index is 0.361. The van der Waals surface area contributed by atoms with Crippen LogP contribution in [0.25, 0.3) is 0 Å². The van der Waals surface area contributed by atoms with E-state index >= 15 is 0 Å². The molecule has 1 nitrogen and oxygen atoms in total. The topological polar surface area (TPSA) is 12.9 Å². The first-order valence-electron chi connectivity index (χ1n) is 3.12. The van der Waals surface area contributed by atoms with Gasteiger partial charge in [0.15, 0.2) is 0 Å². The molecule has 0 fully saturated rings. The normalized spacial score (nSPS) is 11.7. The third kappa shape index (κ3) is 2.67. The maximum absolute atomic E-state index is 5.61. The first-order valence-corrected chi connectivity index (χ1v) is 4.79. The second-order valence-electron chi connectivity index (χ2n) is 2.17. The average Bonchev–Trinajstić information content (AvgIpc) is 2.03. The fourth-order valence-electron chi connectivity index (χ4n) is 0.671. The number of hydrogen-bond acceptors (Lipinski definition) is 1. The molecule has 1 aromatic heterocycles. The van der Waals surface area contributed by atoms with Crippen molar-refractivity contribution < 1.29 is 0 Å². The highest BCUT2D eigenvalue weighted by Gasteiger charge is 2.22. The van der Waals surface area contributed by atoms with E-state index in [0.717, 1.165) is 5.69 Å². The number of nitrogens with zero attached hydrogens (tertiary/aromatic N) is 1. The number of hydrogen-bond donors (Lipinski definition) is 0. The van der Waals surface area contributed by atoms with E-state index in [1.54, 1.807) is 12.1 Å². The fraction of sp³-hybridized carbons (Fsp3) is 0.286. The molecule has 0 atom stereocenters. The first kappa shape index (κ1) is 10.4. The number of rotatable bonds is 1. The lowest BCUT2D eigenvalue weighted by Crippen LogP contribution is -2.01. The lowest BCUT2D eigenvalue weighted by molar-refractivity contribution is 1.10. The summed E-state index contributed by atoms with van der Waals surface area (Å²) in [6.45, 7) is 0. The molecule has 0 bridgehead atoms. The molecule has 0 aliphatic carbocycles. The van der Waals surface area contributed by atoms with Crippen molar-refractivity contribution in [2.24, 2.45) is 0 Å². The maximum Gasteiger partial charge on any atom is 0.217 e. The molecule has 1 heterocycles. The molecule has 0 spiro atoms. The van der Waals surface area contributed by atoms with Gasteiger partial charge in [-0.1, -0.05) is 40.9 Å². The van der Waals surface area contributed by atoms with Gasteiger partial charge in [0, 0.05) is 11.8 Å². The van der Waals surface area contributed by atoms with E-state index in [-0.39, 0.29) is 0 Å². The lowest BCUT2D eigenvalue weighted by atomic mass is 10.3. The molecule has 0 aromatic carbocycles. The molecule has 5 heteroatoms. The highest BCUT2D eigenvalue weighted by molar-refractivity contribution is 6.66. The van der Waals surface area contributed by atoms with E-state index in [4.69, 9.17) is 46.4 Å². The van der Waals surface area contributed by atoms with Crippen LogP contribution in [0.15, 0.2) is 18.3 Å². The van der Waals surface area contributed by atoms with E-state index in [1.165, 1.54) is 6.20 Å². The molecule has 1 aromatic rings. The first-order chi connectivity index (χ1) is 5.54. The molecule has 12 heavy (non-hydrogen) atoms. The Labute approximate surface area is 90.6 Å². The van der Waals surface area contributed by atoms with Crippen molar-refractivity contribution in [3.05, 3.63) is 29.6 Å². The lowest BCUT2D eigenvalue weighted by Gasteiger charge is -2.09. The molecule has 0 saturated heterocycles. The highest BCUT2D eigenvalue weighted by Crippen LogP contribution is 2.37. The minimum atomic E-state index is -1.40. The van der Waals surface area contributed by atoms with Crippen molar-refractivity contribution in [2.75, 3.05) is 0 Å². The van der Waals surface area contributed by atoms with Crippen LogP contribution in [-0.2, 0) is 9.67 Å². The van der Waals surface area contributed by atoms with Gasteiger partial charge >= 0.3 is 0 Å². The third-order valence-corrected chi connectivity index (χ3v) is 2.22. The Morgan fingerprint density at radius 2 is 1.92 bits per heavy atom. The molecule has 0 radical (unpaired) electrons. The maximum atomic E-state index is 5.61. The summed E-state index contributed by atoms with van der Waals surface area (Å²) in [5.74, 6) is 0.361. The van der Waals surface area contributed by atoms with Crippen LogP contribution >= 0.6 is 46.4 Å². The summed E-state index contributed by atoms with van der Waals surface area (Å²) >= 11 is 22.4. The van der Waals surface area contributed by atoms with Gasteiger partial charge in [0.1, 0.15) is 0 Å². The highest BCUT2D eigenvalue weighted by atomic mass is 35.6. The monoisotopic (exact) mass is 243 g/mol. The molecule has 1 rings (SSSR count). The van der Waals surface area contributed by atoms with Gasteiger partial charge in [-0.25, -0.2) is 0 Å². The molecular formula is C7H5Cl4N. The zero-order valence-electron chi connectivity index (χ0n) is 5.90. The number of halogens is 4. The predicted octanol–water partition coefficient (Wildman–Crippen LogP) is 3.65. The molecule has 0 aliphatic heterocycles. The van der Waals surface area contributed by atoms with Gasteiger partial charge in [-0.2, -0.15) is 0 Å². The second kappa shape index (κ2) is 4.01. The van der Waals surface area contributed by atoms with Crippen molar-refractivity contribution >= 4 is 46.4 Å². The second-order valence-corrected chi connectivity index (χ2v) is 4.72. The van der Waals surface area contributed by atoms with Crippen LogP contribution in [0.2, 0.25) is 0 Å². The molecule has 0 amide bonds. The predicted molar refractivity (Wildman–Crippen MR) is 53.0 cm³/mol. The molecule has 0 unspecified atom stereocenters. The average molecular weight is 245 g/mol. The Hall–Kier alpha value is 0.310. The summed E-state index contributed by atoms with van der Waals surface area (Å²) in [6, 6.07) is 3.42. The summed E-state index contributed by atoms with van der Waals surface area (Å²) in [4.78, 5) is 3.98. The zero-order chi connectivity index (χ0) is 9.19. The largest absolute Gasteiger partial charge is 0.260 e. The van der Waals surface area contributed by atoms with Crippen LogP contribution < -0.4 is 0 Å². The van der Waals surface area contributed by atoms with E-state index in [0.29, 0.717) is 11.4 Å². The van der Waals surface area contributed by atoms with Crippen molar-refractivity contribution in [1.82, 2.24) is 4.98 Å².